The molecule has 0 aliphatic carbocycles. The fourth-order valence-electron chi connectivity index (χ4n) is 2.22. The van der Waals surface area contributed by atoms with Crippen molar-refractivity contribution < 1.29 is 19.1 Å². The number of hydrogen-bond acceptors (Lipinski definition) is 4. The van der Waals surface area contributed by atoms with Crippen LogP contribution in [0.2, 0.25) is 5.02 Å². The number of aryl methyl sites for hydroxylation is 2. The summed E-state index contributed by atoms with van der Waals surface area (Å²) in [5.74, 6) is -0.762. The summed E-state index contributed by atoms with van der Waals surface area (Å²) in [5.41, 5.74) is 2.80. The highest BCUT2D eigenvalue weighted by Gasteiger charge is 2.22. The zero-order valence-electron chi connectivity index (χ0n) is 14.6. The van der Waals surface area contributed by atoms with Crippen molar-refractivity contribution in [3.63, 3.8) is 0 Å². The van der Waals surface area contributed by atoms with Gasteiger partial charge in [0.25, 0.3) is 5.91 Å². The summed E-state index contributed by atoms with van der Waals surface area (Å²) < 4.78 is 10.4. The van der Waals surface area contributed by atoms with E-state index in [-0.39, 0.29) is 5.56 Å². The molecule has 2 aromatic rings. The minimum absolute atomic E-state index is 0.168. The van der Waals surface area contributed by atoms with Gasteiger partial charge in [-0.25, -0.2) is 4.79 Å². The fourth-order valence-corrected chi connectivity index (χ4v) is 2.39. The Morgan fingerprint density at radius 1 is 1.12 bits per heavy atom. The van der Waals surface area contributed by atoms with Crippen LogP contribution in [0.3, 0.4) is 0 Å². The monoisotopic (exact) mass is 361 g/mol. The first kappa shape index (κ1) is 18.8. The number of methoxy groups -OCH3 is 1. The lowest BCUT2D eigenvalue weighted by Gasteiger charge is -2.16. The number of halogens is 1. The van der Waals surface area contributed by atoms with Gasteiger partial charge in [-0.3, -0.25) is 4.79 Å². The zero-order chi connectivity index (χ0) is 18.6. The van der Waals surface area contributed by atoms with Crippen molar-refractivity contribution in [2.75, 3.05) is 12.4 Å². The van der Waals surface area contributed by atoms with E-state index >= 15 is 0 Å². The quantitative estimate of drug-likeness (QED) is 0.812. The number of amides is 1. The molecule has 0 heterocycles. The predicted molar refractivity (Wildman–Crippen MR) is 97.4 cm³/mol. The molecule has 0 spiro atoms. The number of rotatable bonds is 5. The van der Waals surface area contributed by atoms with Crippen LogP contribution in [0.4, 0.5) is 5.69 Å². The molecule has 2 aromatic carbocycles. The molecule has 0 radical (unpaired) electrons. The Morgan fingerprint density at radius 2 is 1.84 bits per heavy atom. The third kappa shape index (κ3) is 4.73. The number of carbonyl (C=O) groups is 2. The molecular formula is C19H20ClNO4. The molecule has 25 heavy (non-hydrogen) atoms. The molecule has 0 saturated heterocycles. The van der Waals surface area contributed by atoms with Gasteiger partial charge in [0, 0.05) is 10.7 Å². The summed E-state index contributed by atoms with van der Waals surface area (Å²) in [6.07, 6.45) is -0.976. The summed E-state index contributed by atoms with van der Waals surface area (Å²) in [6, 6.07) is 10.4. The van der Waals surface area contributed by atoms with Gasteiger partial charge in [0.15, 0.2) is 6.10 Å². The maximum atomic E-state index is 12.3. The van der Waals surface area contributed by atoms with Crippen LogP contribution in [0.1, 0.15) is 28.4 Å². The van der Waals surface area contributed by atoms with E-state index < -0.39 is 18.0 Å². The van der Waals surface area contributed by atoms with Crippen molar-refractivity contribution in [3.05, 3.63) is 58.1 Å². The average Bonchev–Trinajstić information content (AvgIpc) is 2.57. The Hall–Kier alpha value is -2.53. The molecule has 6 heteroatoms. The summed E-state index contributed by atoms with van der Waals surface area (Å²) in [7, 11) is 1.44. The first-order valence-corrected chi connectivity index (χ1v) is 8.12. The third-order valence-corrected chi connectivity index (χ3v) is 3.92. The lowest BCUT2D eigenvalue weighted by atomic mass is 10.1. The first-order valence-electron chi connectivity index (χ1n) is 7.74. The van der Waals surface area contributed by atoms with Gasteiger partial charge in [0.2, 0.25) is 0 Å². The Bertz CT molecular complexity index is 804. The molecule has 0 unspecified atom stereocenters. The van der Waals surface area contributed by atoms with E-state index in [1.165, 1.54) is 20.1 Å². The maximum Gasteiger partial charge on any atom is 0.342 e. The second kappa shape index (κ2) is 8.03. The Kier molecular flexibility index (Phi) is 6.04. The van der Waals surface area contributed by atoms with Crippen LogP contribution in [0.25, 0.3) is 0 Å². The maximum absolute atomic E-state index is 12.3. The summed E-state index contributed by atoms with van der Waals surface area (Å²) >= 11 is 5.91. The van der Waals surface area contributed by atoms with Crippen molar-refractivity contribution in [1.29, 1.82) is 0 Å². The van der Waals surface area contributed by atoms with Crippen LogP contribution in [-0.2, 0) is 9.53 Å². The normalized spacial score (nSPS) is 11.6. The standard InChI is InChI=1S/C19H20ClNO4/c1-11-5-6-12(2)16(9-11)21-18(22)13(3)25-19(23)15-10-14(20)7-8-17(15)24-4/h5-10,13H,1-4H3,(H,21,22)/t13-/m0/s1. The summed E-state index contributed by atoms with van der Waals surface area (Å²) in [6.45, 7) is 5.34. The van der Waals surface area contributed by atoms with E-state index in [0.29, 0.717) is 16.5 Å². The number of nitrogens with one attached hydrogen (secondary N) is 1. The molecule has 132 valence electrons. The van der Waals surface area contributed by atoms with E-state index in [0.717, 1.165) is 11.1 Å². The topological polar surface area (TPSA) is 64.6 Å². The lowest BCUT2D eigenvalue weighted by Crippen LogP contribution is -2.30. The summed E-state index contributed by atoms with van der Waals surface area (Å²) in [4.78, 5) is 24.6. The lowest BCUT2D eigenvalue weighted by molar-refractivity contribution is -0.123. The second-order valence-corrected chi connectivity index (χ2v) is 6.14. The van der Waals surface area contributed by atoms with E-state index in [1.807, 2.05) is 32.0 Å². The molecular weight excluding hydrogens is 342 g/mol. The minimum atomic E-state index is -0.976. The van der Waals surface area contributed by atoms with Gasteiger partial charge in [0.05, 0.1) is 7.11 Å². The number of anilines is 1. The first-order chi connectivity index (χ1) is 11.8. The molecule has 0 bridgehead atoms. The molecule has 1 atom stereocenters. The largest absolute Gasteiger partial charge is 0.496 e. The van der Waals surface area contributed by atoms with Crippen LogP contribution in [0, 0.1) is 13.8 Å². The summed E-state index contributed by atoms with van der Waals surface area (Å²) in [5, 5.41) is 3.15. The van der Waals surface area contributed by atoms with Crippen LogP contribution in [0.15, 0.2) is 36.4 Å². The second-order valence-electron chi connectivity index (χ2n) is 5.70. The molecule has 0 aliphatic rings. The van der Waals surface area contributed by atoms with Gasteiger partial charge >= 0.3 is 5.97 Å². The third-order valence-electron chi connectivity index (χ3n) is 3.69. The fraction of sp³-hybridized carbons (Fsp3) is 0.263. The average molecular weight is 362 g/mol. The Balaban J connectivity index is 2.09. The van der Waals surface area contributed by atoms with Gasteiger partial charge in [-0.15, -0.1) is 0 Å². The smallest absolute Gasteiger partial charge is 0.342 e. The molecule has 0 aliphatic heterocycles. The van der Waals surface area contributed by atoms with Gasteiger partial charge in [-0.05, 0) is 56.2 Å². The van der Waals surface area contributed by atoms with Crippen LogP contribution in [-0.4, -0.2) is 25.1 Å². The molecule has 1 amide bonds. The molecule has 0 aromatic heterocycles. The van der Waals surface area contributed by atoms with Crippen molar-refractivity contribution in [1.82, 2.24) is 0 Å². The van der Waals surface area contributed by atoms with Crippen LogP contribution in [0.5, 0.6) is 5.75 Å². The molecule has 1 N–H and O–H groups in total. The van der Waals surface area contributed by atoms with Gasteiger partial charge in [0.1, 0.15) is 11.3 Å². The Labute approximate surface area is 151 Å². The predicted octanol–water partition coefficient (Wildman–Crippen LogP) is 4.15. The SMILES string of the molecule is COc1ccc(Cl)cc1C(=O)O[C@@H](C)C(=O)Nc1cc(C)ccc1C. The zero-order valence-corrected chi connectivity index (χ0v) is 15.3. The van der Waals surface area contributed by atoms with Crippen molar-refractivity contribution in [3.8, 4) is 5.75 Å². The van der Waals surface area contributed by atoms with E-state index in [9.17, 15) is 9.59 Å². The molecule has 0 saturated carbocycles. The molecule has 2 rings (SSSR count). The van der Waals surface area contributed by atoms with Gasteiger partial charge in [-0.2, -0.15) is 0 Å². The van der Waals surface area contributed by atoms with Crippen molar-refractivity contribution in [2.45, 2.75) is 26.9 Å². The van der Waals surface area contributed by atoms with Crippen LogP contribution < -0.4 is 10.1 Å². The van der Waals surface area contributed by atoms with E-state index in [1.54, 1.807) is 12.1 Å². The highest BCUT2D eigenvalue weighted by molar-refractivity contribution is 6.31. The number of ether oxygens (including phenoxy) is 2. The number of esters is 1. The molecule has 5 nitrogen and oxygen atoms in total. The number of carbonyl (C=O) groups excluding carboxylic acids is 2. The highest BCUT2D eigenvalue weighted by atomic mass is 35.5. The van der Waals surface area contributed by atoms with E-state index in [2.05, 4.69) is 5.32 Å². The van der Waals surface area contributed by atoms with Crippen LogP contribution >= 0.6 is 11.6 Å². The van der Waals surface area contributed by atoms with Crippen molar-refractivity contribution in [2.24, 2.45) is 0 Å². The van der Waals surface area contributed by atoms with Gasteiger partial charge in [-0.1, -0.05) is 23.7 Å². The van der Waals surface area contributed by atoms with Gasteiger partial charge < -0.3 is 14.8 Å². The molecule has 0 fully saturated rings. The number of benzene rings is 2. The number of hydrogen-bond donors (Lipinski definition) is 1. The van der Waals surface area contributed by atoms with Crippen molar-refractivity contribution >= 4 is 29.2 Å². The Morgan fingerprint density at radius 3 is 2.52 bits per heavy atom. The highest BCUT2D eigenvalue weighted by Crippen LogP contribution is 2.24. The van der Waals surface area contributed by atoms with E-state index in [4.69, 9.17) is 21.1 Å². The minimum Gasteiger partial charge on any atom is -0.496 e.